The Bertz CT molecular complexity index is 1060. The van der Waals surface area contributed by atoms with Crippen LogP contribution in [0.1, 0.15) is 39.5 Å². The van der Waals surface area contributed by atoms with Crippen LogP contribution < -0.4 is 10.1 Å². The molecule has 0 bridgehead atoms. The minimum absolute atomic E-state index is 0.0300. The van der Waals surface area contributed by atoms with Crippen molar-refractivity contribution in [3.8, 4) is 22.8 Å². The molecule has 1 aliphatic carbocycles. The van der Waals surface area contributed by atoms with Gasteiger partial charge in [0.25, 0.3) is 0 Å². The van der Waals surface area contributed by atoms with Crippen LogP contribution in [0, 0.1) is 0 Å². The Labute approximate surface area is 197 Å². The first-order chi connectivity index (χ1) is 15.6. The van der Waals surface area contributed by atoms with Gasteiger partial charge in [0.2, 0.25) is 5.91 Å². The van der Waals surface area contributed by atoms with Crippen LogP contribution in [0.2, 0.25) is 5.02 Å². The van der Waals surface area contributed by atoms with E-state index >= 15 is 0 Å². The standard InChI is InChI=1S/C24H27ClN4O2S/c1-3-31-19-14-12-18(13-15-19)29-22(20-10-6-7-11-21(20)25)27-28-24(29)32-16(2)23(30)26-17-8-4-5-9-17/h6-7,10-17H,3-5,8-9H2,1-2H3,(H,26,30). The highest BCUT2D eigenvalue weighted by Crippen LogP contribution is 2.34. The molecule has 1 atom stereocenters. The summed E-state index contributed by atoms with van der Waals surface area (Å²) in [5.74, 6) is 1.45. The number of carbonyl (C=O) groups is 1. The van der Waals surface area contributed by atoms with E-state index in [0.29, 0.717) is 22.6 Å². The molecular formula is C24H27ClN4O2S. The lowest BCUT2D eigenvalue weighted by Gasteiger charge is -2.17. The van der Waals surface area contributed by atoms with Crippen molar-refractivity contribution >= 4 is 29.3 Å². The third-order valence-electron chi connectivity index (χ3n) is 5.51. The molecule has 8 heteroatoms. The zero-order valence-electron chi connectivity index (χ0n) is 18.3. The largest absolute Gasteiger partial charge is 0.494 e. The Morgan fingerprint density at radius 3 is 2.59 bits per heavy atom. The van der Waals surface area contributed by atoms with Gasteiger partial charge in [0.05, 0.1) is 16.9 Å². The number of benzene rings is 2. The maximum absolute atomic E-state index is 12.8. The average Bonchev–Trinajstić information content (AvgIpc) is 3.45. The van der Waals surface area contributed by atoms with Gasteiger partial charge in [0, 0.05) is 17.3 Å². The van der Waals surface area contributed by atoms with Crippen LogP contribution in [-0.2, 0) is 4.79 Å². The summed E-state index contributed by atoms with van der Waals surface area (Å²) in [6.45, 7) is 4.46. The summed E-state index contributed by atoms with van der Waals surface area (Å²) in [5, 5.41) is 13.0. The van der Waals surface area contributed by atoms with Gasteiger partial charge in [-0.15, -0.1) is 10.2 Å². The predicted octanol–water partition coefficient (Wildman–Crippen LogP) is 5.53. The van der Waals surface area contributed by atoms with E-state index < -0.39 is 0 Å². The minimum atomic E-state index is -0.305. The van der Waals surface area contributed by atoms with Gasteiger partial charge in [-0.3, -0.25) is 9.36 Å². The number of hydrogen-bond donors (Lipinski definition) is 1. The fourth-order valence-corrected chi connectivity index (χ4v) is 4.95. The van der Waals surface area contributed by atoms with Gasteiger partial charge < -0.3 is 10.1 Å². The molecule has 32 heavy (non-hydrogen) atoms. The number of halogens is 1. The summed E-state index contributed by atoms with van der Waals surface area (Å²) < 4.78 is 7.53. The normalized spacial score (nSPS) is 15.0. The van der Waals surface area contributed by atoms with E-state index in [4.69, 9.17) is 16.3 Å². The van der Waals surface area contributed by atoms with Crippen molar-refractivity contribution in [2.75, 3.05) is 6.61 Å². The Kier molecular flexibility index (Phi) is 7.37. The minimum Gasteiger partial charge on any atom is -0.494 e. The van der Waals surface area contributed by atoms with E-state index in [9.17, 15) is 4.79 Å². The highest BCUT2D eigenvalue weighted by molar-refractivity contribution is 8.00. The number of ether oxygens (including phenoxy) is 1. The molecule has 1 unspecified atom stereocenters. The molecule has 1 heterocycles. The number of aromatic nitrogens is 3. The average molecular weight is 471 g/mol. The third kappa shape index (κ3) is 5.10. The number of amides is 1. The summed E-state index contributed by atoms with van der Waals surface area (Å²) in [6.07, 6.45) is 4.48. The van der Waals surface area contributed by atoms with Gasteiger partial charge in [0.15, 0.2) is 11.0 Å². The van der Waals surface area contributed by atoms with Crippen molar-refractivity contribution in [3.63, 3.8) is 0 Å². The summed E-state index contributed by atoms with van der Waals surface area (Å²) in [4.78, 5) is 12.8. The summed E-state index contributed by atoms with van der Waals surface area (Å²) >= 11 is 7.87. The van der Waals surface area contributed by atoms with Gasteiger partial charge in [-0.05, 0) is 63.1 Å². The predicted molar refractivity (Wildman–Crippen MR) is 129 cm³/mol. The lowest BCUT2D eigenvalue weighted by molar-refractivity contribution is -0.120. The molecule has 168 valence electrons. The highest BCUT2D eigenvalue weighted by Gasteiger charge is 2.25. The van der Waals surface area contributed by atoms with Gasteiger partial charge in [0.1, 0.15) is 5.75 Å². The maximum Gasteiger partial charge on any atom is 0.233 e. The summed E-state index contributed by atoms with van der Waals surface area (Å²) in [6, 6.07) is 15.6. The molecule has 0 saturated heterocycles. The van der Waals surface area contributed by atoms with Crippen LogP contribution in [0.4, 0.5) is 0 Å². The monoisotopic (exact) mass is 470 g/mol. The lowest BCUT2D eigenvalue weighted by atomic mass is 10.2. The van der Waals surface area contributed by atoms with Crippen LogP contribution in [0.15, 0.2) is 53.7 Å². The first-order valence-corrected chi connectivity index (χ1v) is 12.2. The molecule has 6 nitrogen and oxygen atoms in total. The first kappa shape index (κ1) is 22.7. The molecule has 2 aromatic carbocycles. The fraction of sp³-hybridized carbons (Fsp3) is 0.375. The summed E-state index contributed by atoms with van der Waals surface area (Å²) in [7, 11) is 0. The second-order valence-corrected chi connectivity index (χ2v) is 9.51. The van der Waals surface area contributed by atoms with Gasteiger partial charge >= 0.3 is 0 Å². The molecular weight excluding hydrogens is 444 g/mol. The number of rotatable bonds is 8. The summed E-state index contributed by atoms with van der Waals surface area (Å²) in [5.41, 5.74) is 1.66. The molecule has 0 radical (unpaired) electrons. The molecule has 1 saturated carbocycles. The van der Waals surface area contributed by atoms with Gasteiger partial charge in [-0.2, -0.15) is 0 Å². The molecule has 4 rings (SSSR count). The van der Waals surface area contributed by atoms with Crippen molar-refractivity contribution in [2.45, 2.75) is 56.0 Å². The van der Waals surface area contributed by atoms with Crippen LogP contribution >= 0.6 is 23.4 Å². The smallest absolute Gasteiger partial charge is 0.233 e. The quantitative estimate of drug-likeness (QED) is 0.438. The first-order valence-electron chi connectivity index (χ1n) is 11.0. The van der Waals surface area contributed by atoms with Crippen molar-refractivity contribution in [2.24, 2.45) is 0 Å². The number of nitrogens with one attached hydrogen (secondary N) is 1. The molecule has 1 N–H and O–H groups in total. The van der Waals surface area contributed by atoms with Crippen molar-refractivity contribution < 1.29 is 9.53 Å². The second-order valence-electron chi connectivity index (χ2n) is 7.80. The van der Waals surface area contributed by atoms with E-state index in [1.165, 1.54) is 24.6 Å². The molecule has 1 amide bonds. The number of nitrogens with zero attached hydrogens (tertiary/aromatic N) is 3. The lowest BCUT2D eigenvalue weighted by Crippen LogP contribution is -2.37. The molecule has 0 aliphatic heterocycles. The Balaban J connectivity index is 1.66. The van der Waals surface area contributed by atoms with E-state index in [1.54, 1.807) is 0 Å². The van der Waals surface area contributed by atoms with Gasteiger partial charge in [-0.1, -0.05) is 48.3 Å². The molecule has 3 aromatic rings. The Hall–Kier alpha value is -2.51. The van der Waals surface area contributed by atoms with Crippen molar-refractivity contribution in [1.82, 2.24) is 20.1 Å². The topological polar surface area (TPSA) is 69.0 Å². The van der Waals surface area contributed by atoms with Crippen molar-refractivity contribution in [3.05, 3.63) is 53.6 Å². The third-order valence-corrected chi connectivity index (χ3v) is 6.88. The number of carbonyl (C=O) groups excluding carboxylic acids is 1. The van der Waals surface area contributed by atoms with Gasteiger partial charge in [-0.25, -0.2) is 0 Å². The zero-order chi connectivity index (χ0) is 22.5. The molecule has 1 aromatic heterocycles. The second kappa shape index (κ2) is 10.4. The zero-order valence-corrected chi connectivity index (χ0v) is 19.8. The van der Waals surface area contributed by atoms with Crippen LogP contribution in [0.5, 0.6) is 5.75 Å². The van der Waals surface area contributed by atoms with E-state index in [-0.39, 0.29) is 17.2 Å². The SMILES string of the molecule is CCOc1ccc(-n2c(SC(C)C(=O)NC3CCCC3)nnc2-c2ccccc2Cl)cc1. The molecule has 1 fully saturated rings. The Morgan fingerprint density at radius 1 is 1.19 bits per heavy atom. The highest BCUT2D eigenvalue weighted by atomic mass is 35.5. The van der Waals surface area contributed by atoms with Crippen molar-refractivity contribution in [1.29, 1.82) is 0 Å². The van der Waals surface area contributed by atoms with E-state index in [1.807, 2.05) is 66.9 Å². The molecule has 0 spiro atoms. The van der Waals surface area contributed by atoms with E-state index in [2.05, 4.69) is 15.5 Å². The maximum atomic E-state index is 12.8. The van der Waals surface area contributed by atoms with E-state index in [0.717, 1.165) is 29.8 Å². The molecule has 1 aliphatic rings. The fourth-order valence-electron chi connectivity index (χ4n) is 3.85. The van der Waals surface area contributed by atoms with Crippen LogP contribution in [-0.4, -0.2) is 38.6 Å². The van der Waals surface area contributed by atoms with Crippen LogP contribution in [0.25, 0.3) is 17.1 Å². The Morgan fingerprint density at radius 2 is 1.91 bits per heavy atom. The number of hydrogen-bond acceptors (Lipinski definition) is 5. The number of thioether (sulfide) groups is 1. The van der Waals surface area contributed by atoms with Crippen LogP contribution in [0.3, 0.4) is 0 Å².